The lowest BCUT2D eigenvalue weighted by Crippen LogP contribution is -2.51. The molecule has 0 spiro atoms. The van der Waals surface area contributed by atoms with Gasteiger partial charge in [-0.05, 0) is 41.8 Å². The standard InChI is InChI=1S/C16H19FN6O4/c1-16(18,15(25)19-4-5-24)13-12(22-27-23-13)14(21-26)20-11-6-8-2-3-9(17)7-10(8)11/h2-3,7,11,24,26H,4-6,18H2,1H3,(H,19,25)(H,20,21)/t11-,16-/m0/s1. The number of fused-ring (bicyclic) bond motifs is 1. The number of carbonyl (C=O) groups excluding carboxylic acids is 1. The average Bonchev–Trinajstić information content (AvgIpc) is 3.12. The van der Waals surface area contributed by atoms with Gasteiger partial charge in [-0.1, -0.05) is 16.4 Å². The van der Waals surface area contributed by atoms with Crippen LogP contribution in [0.1, 0.15) is 35.5 Å². The molecular weight excluding hydrogens is 359 g/mol. The van der Waals surface area contributed by atoms with Gasteiger partial charge in [-0.2, -0.15) is 0 Å². The van der Waals surface area contributed by atoms with Crippen molar-refractivity contribution >= 4 is 11.7 Å². The molecule has 3 rings (SSSR count). The molecule has 1 amide bonds. The van der Waals surface area contributed by atoms with Gasteiger partial charge >= 0.3 is 0 Å². The highest BCUT2D eigenvalue weighted by Crippen LogP contribution is 2.34. The largest absolute Gasteiger partial charge is 0.409 e. The first-order chi connectivity index (χ1) is 12.9. The summed E-state index contributed by atoms with van der Waals surface area (Å²) in [6, 6.07) is 4.14. The fraction of sp³-hybridized carbons (Fsp3) is 0.375. The second-order valence-corrected chi connectivity index (χ2v) is 6.34. The minimum Gasteiger partial charge on any atom is -0.409 e. The summed E-state index contributed by atoms with van der Waals surface area (Å²) in [5.74, 6) is -1.11. The van der Waals surface area contributed by atoms with Crippen molar-refractivity contribution < 1.29 is 24.1 Å². The zero-order valence-electron chi connectivity index (χ0n) is 14.4. The molecule has 144 valence electrons. The fourth-order valence-corrected chi connectivity index (χ4v) is 2.86. The molecule has 2 aromatic rings. The minimum absolute atomic E-state index is 0.00978. The van der Waals surface area contributed by atoms with E-state index >= 15 is 0 Å². The van der Waals surface area contributed by atoms with Gasteiger partial charge in [0, 0.05) is 6.54 Å². The number of nitrogens with zero attached hydrogens (tertiary/aromatic N) is 3. The number of oxime groups is 1. The molecule has 6 N–H and O–H groups in total. The summed E-state index contributed by atoms with van der Waals surface area (Å²) >= 11 is 0. The molecule has 0 saturated carbocycles. The maximum Gasteiger partial charge on any atom is 0.246 e. The number of benzene rings is 1. The van der Waals surface area contributed by atoms with E-state index in [2.05, 4.69) is 30.7 Å². The van der Waals surface area contributed by atoms with Crippen LogP contribution in [0.3, 0.4) is 0 Å². The summed E-state index contributed by atoms with van der Waals surface area (Å²) in [5, 5.41) is 34.1. The van der Waals surface area contributed by atoms with Crippen LogP contribution < -0.4 is 16.4 Å². The van der Waals surface area contributed by atoms with Crippen LogP contribution in [0.15, 0.2) is 28.0 Å². The molecule has 1 aromatic carbocycles. The van der Waals surface area contributed by atoms with Crippen molar-refractivity contribution in [3.8, 4) is 0 Å². The normalized spacial score (nSPS) is 18.2. The summed E-state index contributed by atoms with van der Waals surface area (Å²) in [5.41, 5.74) is 5.99. The van der Waals surface area contributed by atoms with E-state index in [1.54, 1.807) is 6.07 Å². The van der Waals surface area contributed by atoms with Crippen molar-refractivity contribution in [3.05, 3.63) is 46.5 Å². The van der Waals surface area contributed by atoms with E-state index in [1.165, 1.54) is 19.1 Å². The third kappa shape index (κ3) is 3.46. The topological polar surface area (TPSA) is 159 Å². The SMILES string of the molecule is C[C@@](N)(C(=O)NCCO)c1nonc1/C(=N\O)N[C@H]1Cc2ccc(F)cc21. The highest BCUT2D eigenvalue weighted by molar-refractivity contribution is 6.00. The molecule has 0 fully saturated rings. The number of amidine groups is 1. The van der Waals surface area contributed by atoms with Crippen molar-refractivity contribution in [1.29, 1.82) is 0 Å². The first-order valence-electron chi connectivity index (χ1n) is 8.16. The zero-order valence-corrected chi connectivity index (χ0v) is 14.4. The second-order valence-electron chi connectivity index (χ2n) is 6.34. The van der Waals surface area contributed by atoms with Crippen LogP contribution in [-0.2, 0) is 16.8 Å². The third-order valence-electron chi connectivity index (χ3n) is 4.39. The number of nitrogens with two attached hydrogens (primary N) is 1. The van der Waals surface area contributed by atoms with E-state index in [9.17, 15) is 14.4 Å². The lowest BCUT2D eigenvalue weighted by atomic mass is 9.83. The first-order valence-corrected chi connectivity index (χ1v) is 8.16. The molecule has 2 atom stereocenters. The van der Waals surface area contributed by atoms with Gasteiger partial charge in [0.15, 0.2) is 11.5 Å². The summed E-state index contributed by atoms with van der Waals surface area (Å²) in [7, 11) is 0. The predicted molar refractivity (Wildman–Crippen MR) is 90.2 cm³/mol. The number of halogens is 1. The molecule has 0 unspecified atom stereocenters. The number of carbonyl (C=O) groups is 1. The van der Waals surface area contributed by atoms with Crippen LogP contribution in [0.2, 0.25) is 0 Å². The van der Waals surface area contributed by atoms with E-state index in [4.69, 9.17) is 10.8 Å². The Morgan fingerprint density at radius 1 is 1.52 bits per heavy atom. The molecule has 0 bridgehead atoms. The molecule has 11 heteroatoms. The molecule has 0 saturated heterocycles. The van der Waals surface area contributed by atoms with Crippen LogP contribution in [0.25, 0.3) is 0 Å². The van der Waals surface area contributed by atoms with Crippen LogP contribution in [0.5, 0.6) is 0 Å². The number of hydrogen-bond donors (Lipinski definition) is 5. The van der Waals surface area contributed by atoms with Gasteiger partial charge in [-0.3, -0.25) is 4.79 Å². The number of aromatic nitrogens is 2. The Labute approximate surface area is 153 Å². The highest BCUT2D eigenvalue weighted by Gasteiger charge is 2.39. The molecule has 0 aliphatic heterocycles. The number of aliphatic hydroxyl groups excluding tert-OH is 1. The molecular formula is C16H19FN6O4. The van der Waals surface area contributed by atoms with Crippen LogP contribution in [0, 0.1) is 5.82 Å². The number of rotatable bonds is 6. The highest BCUT2D eigenvalue weighted by atomic mass is 19.1. The Hall–Kier alpha value is -3.05. The Bertz CT molecular complexity index is 882. The van der Waals surface area contributed by atoms with Crippen molar-refractivity contribution in [3.63, 3.8) is 0 Å². The third-order valence-corrected chi connectivity index (χ3v) is 4.39. The predicted octanol–water partition coefficient (Wildman–Crippen LogP) is -0.486. The van der Waals surface area contributed by atoms with E-state index in [-0.39, 0.29) is 42.2 Å². The first kappa shape index (κ1) is 18.7. The van der Waals surface area contributed by atoms with E-state index in [0.717, 1.165) is 11.1 Å². The van der Waals surface area contributed by atoms with Crippen LogP contribution in [0.4, 0.5) is 4.39 Å². The van der Waals surface area contributed by atoms with Gasteiger partial charge in [-0.25, -0.2) is 9.02 Å². The number of aliphatic hydroxyl groups is 1. The quantitative estimate of drug-likeness (QED) is 0.195. The molecule has 0 radical (unpaired) electrons. The van der Waals surface area contributed by atoms with Crippen molar-refractivity contribution in [1.82, 2.24) is 20.9 Å². The van der Waals surface area contributed by atoms with Gasteiger partial charge in [0.05, 0.1) is 12.6 Å². The Morgan fingerprint density at radius 3 is 3.00 bits per heavy atom. The Balaban J connectivity index is 1.82. The molecule has 1 aliphatic carbocycles. The average molecular weight is 378 g/mol. The lowest BCUT2D eigenvalue weighted by molar-refractivity contribution is -0.126. The number of amides is 1. The summed E-state index contributed by atoms with van der Waals surface area (Å²) in [4.78, 5) is 12.3. The maximum absolute atomic E-state index is 13.4. The van der Waals surface area contributed by atoms with Crippen molar-refractivity contribution in [2.24, 2.45) is 10.9 Å². The van der Waals surface area contributed by atoms with Crippen LogP contribution >= 0.6 is 0 Å². The Morgan fingerprint density at radius 2 is 2.30 bits per heavy atom. The summed E-state index contributed by atoms with van der Waals surface area (Å²) < 4.78 is 18.1. The number of hydrogen-bond acceptors (Lipinski definition) is 8. The summed E-state index contributed by atoms with van der Waals surface area (Å²) in [6.45, 7) is 1.13. The van der Waals surface area contributed by atoms with Gasteiger partial charge in [0.1, 0.15) is 17.1 Å². The van der Waals surface area contributed by atoms with Gasteiger partial charge < -0.3 is 26.7 Å². The molecule has 1 aromatic heterocycles. The second kappa shape index (κ2) is 7.29. The van der Waals surface area contributed by atoms with Gasteiger partial charge in [0.2, 0.25) is 5.91 Å². The zero-order chi connectivity index (χ0) is 19.6. The Kier molecular flexibility index (Phi) is 5.06. The number of nitrogens with one attached hydrogen (secondary N) is 2. The van der Waals surface area contributed by atoms with E-state index in [0.29, 0.717) is 6.42 Å². The summed E-state index contributed by atoms with van der Waals surface area (Å²) in [6.07, 6.45) is 0.589. The van der Waals surface area contributed by atoms with Gasteiger partial charge in [-0.15, -0.1) is 0 Å². The fourth-order valence-electron chi connectivity index (χ4n) is 2.86. The smallest absolute Gasteiger partial charge is 0.246 e. The molecule has 10 nitrogen and oxygen atoms in total. The monoisotopic (exact) mass is 378 g/mol. The molecule has 1 aliphatic rings. The molecule has 1 heterocycles. The van der Waals surface area contributed by atoms with E-state index < -0.39 is 11.4 Å². The van der Waals surface area contributed by atoms with E-state index in [1.807, 2.05) is 0 Å². The van der Waals surface area contributed by atoms with Gasteiger partial charge in [0.25, 0.3) is 0 Å². The van der Waals surface area contributed by atoms with Crippen molar-refractivity contribution in [2.45, 2.75) is 24.9 Å². The molecule has 27 heavy (non-hydrogen) atoms. The van der Waals surface area contributed by atoms with Crippen molar-refractivity contribution in [2.75, 3.05) is 13.2 Å². The minimum atomic E-state index is -1.66. The maximum atomic E-state index is 13.4. The lowest BCUT2D eigenvalue weighted by Gasteiger charge is -2.31. The van der Waals surface area contributed by atoms with Crippen LogP contribution in [-0.4, -0.2) is 45.5 Å².